The summed E-state index contributed by atoms with van der Waals surface area (Å²) in [6.07, 6.45) is 0.569. The van der Waals surface area contributed by atoms with E-state index in [1.807, 2.05) is 82.3 Å². The molecule has 3 rings (SSSR count). The van der Waals surface area contributed by atoms with Crippen LogP contribution in [0.15, 0.2) is 72.8 Å². The maximum Gasteiger partial charge on any atom is 0.243 e. The summed E-state index contributed by atoms with van der Waals surface area (Å²) in [6, 6.07) is 22.0. The molecule has 0 unspecified atom stereocenters. The Kier molecular flexibility index (Phi) is 8.98. The van der Waals surface area contributed by atoms with Crippen molar-refractivity contribution >= 4 is 35.0 Å². The first-order chi connectivity index (χ1) is 16.5. The van der Waals surface area contributed by atoms with Gasteiger partial charge in [-0.25, -0.2) is 0 Å². The fraction of sp³-hybridized carbons (Fsp3) is 0.310. The van der Waals surface area contributed by atoms with Crippen LogP contribution in [0.2, 0.25) is 10.0 Å². The van der Waals surface area contributed by atoms with Gasteiger partial charge in [0.15, 0.2) is 0 Å². The van der Waals surface area contributed by atoms with Crippen LogP contribution < -0.4 is 5.32 Å². The molecular formula is C29H32Cl2N2O2. The number of carbonyl (C=O) groups is 2. The van der Waals surface area contributed by atoms with Crippen LogP contribution in [-0.4, -0.2) is 28.3 Å². The van der Waals surface area contributed by atoms with Crippen LogP contribution in [0, 0.1) is 6.92 Å². The number of hydrogen-bond donors (Lipinski definition) is 1. The van der Waals surface area contributed by atoms with Crippen LogP contribution in [0.3, 0.4) is 0 Å². The molecule has 0 aromatic heterocycles. The molecule has 3 aromatic rings. The van der Waals surface area contributed by atoms with Crippen LogP contribution in [0.4, 0.5) is 0 Å². The van der Waals surface area contributed by atoms with E-state index >= 15 is 0 Å². The average Bonchev–Trinajstić information content (AvgIpc) is 2.78. The van der Waals surface area contributed by atoms with E-state index in [-0.39, 0.29) is 24.8 Å². The summed E-state index contributed by atoms with van der Waals surface area (Å²) in [5.41, 5.74) is 3.21. The lowest BCUT2D eigenvalue weighted by molar-refractivity contribution is -0.141. The van der Waals surface area contributed by atoms with Crippen molar-refractivity contribution in [3.63, 3.8) is 0 Å². The van der Waals surface area contributed by atoms with Gasteiger partial charge in [-0.3, -0.25) is 9.59 Å². The number of halogens is 2. The molecule has 0 aliphatic rings. The van der Waals surface area contributed by atoms with Gasteiger partial charge in [-0.2, -0.15) is 0 Å². The molecule has 0 saturated carbocycles. The van der Waals surface area contributed by atoms with E-state index in [4.69, 9.17) is 23.2 Å². The molecular weight excluding hydrogens is 479 g/mol. The van der Waals surface area contributed by atoms with Gasteiger partial charge in [-0.1, -0.05) is 83.9 Å². The molecule has 3 aromatic carbocycles. The van der Waals surface area contributed by atoms with Gasteiger partial charge in [-0.15, -0.1) is 0 Å². The molecule has 0 spiro atoms. The second-order valence-corrected chi connectivity index (χ2v) is 10.6. The largest absolute Gasteiger partial charge is 0.350 e. The fourth-order valence-electron chi connectivity index (χ4n) is 3.91. The number of amides is 2. The van der Waals surface area contributed by atoms with Gasteiger partial charge in [0.05, 0.1) is 6.42 Å². The third kappa shape index (κ3) is 7.84. The monoisotopic (exact) mass is 510 g/mol. The molecule has 0 aliphatic carbocycles. The molecule has 0 heterocycles. The number of rotatable bonds is 8. The number of nitrogens with one attached hydrogen (secondary N) is 1. The third-order valence-corrected chi connectivity index (χ3v) is 6.31. The molecule has 0 saturated heterocycles. The van der Waals surface area contributed by atoms with Crippen LogP contribution in [0.5, 0.6) is 0 Å². The standard InChI is InChI=1S/C29H32Cl2N2O2/c1-20-10-8-9-13-22(20)17-27(34)33(19-23-14-15-24(30)18-25(23)31)26(28(35)32-29(2,3)4)16-21-11-6-5-7-12-21/h5-15,18,26H,16-17,19H2,1-4H3,(H,32,35)/t26-/m0/s1. The minimum atomic E-state index is -0.722. The Morgan fingerprint density at radius 1 is 0.914 bits per heavy atom. The summed E-state index contributed by atoms with van der Waals surface area (Å²) in [6.45, 7) is 7.96. The van der Waals surface area contributed by atoms with Crippen molar-refractivity contribution < 1.29 is 9.59 Å². The van der Waals surface area contributed by atoms with Crippen LogP contribution >= 0.6 is 23.2 Å². The fourth-order valence-corrected chi connectivity index (χ4v) is 4.38. The Balaban J connectivity index is 2.03. The van der Waals surface area contributed by atoms with E-state index < -0.39 is 11.6 Å². The van der Waals surface area contributed by atoms with E-state index in [0.29, 0.717) is 16.5 Å². The summed E-state index contributed by atoms with van der Waals surface area (Å²) in [5, 5.41) is 4.05. The Morgan fingerprint density at radius 2 is 1.57 bits per heavy atom. The normalized spacial score (nSPS) is 12.2. The second kappa shape index (κ2) is 11.7. The minimum absolute atomic E-state index is 0.143. The number of hydrogen-bond acceptors (Lipinski definition) is 2. The Bertz CT molecular complexity index is 1170. The first kappa shape index (κ1) is 26.8. The first-order valence-electron chi connectivity index (χ1n) is 11.7. The summed E-state index contributed by atoms with van der Waals surface area (Å²) in [5.74, 6) is -0.347. The molecule has 0 radical (unpaired) electrons. The maximum atomic E-state index is 13.8. The van der Waals surface area contributed by atoms with Gasteiger partial charge in [0.1, 0.15) is 6.04 Å². The molecule has 2 amide bonds. The van der Waals surface area contributed by atoms with Crippen molar-refractivity contribution in [3.05, 3.63) is 105 Å². The summed E-state index contributed by atoms with van der Waals surface area (Å²) >= 11 is 12.6. The smallest absolute Gasteiger partial charge is 0.243 e. The van der Waals surface area contributed by atoms with Gasteiger partial charge >= 0.3 is 0 Å². The van der Waals surface area contributed by atoms with Gasteiger partial charge in [0, 0.05) is 28.5 Å². The molecule has 184 valence electrons. The van der Waals surface area contributed by atoms with Gasteiger partial charge in [0.2, 0.25) is 11.8 Å². The van der Waals surface area contributed by atoms with Crippen molar-refractivity contribution in [2.75, 3.05) is 0 Å². The molecule has 0 aliphatic heterocycles. The van der Waals surface area contributed by atoms with Crippen molar-refractivity contribution in [2.45, 2.75) is 58.7 Å². The predicted octanol–water partition coefficient (Wildman–Crippen LogP) is 6.40. The SMILES string of the molecule is Cc1ccccc1CC(=O)N(Cc1ccc(Cl)cc1Cl)[C@@H](Cc1ccccc1)C(=O)NC(C)(C)C. The number of nitrogens with zero attached hydrogens (tertiary/aromatic N) is 1. The van der Waals surface area contributed by atoms with Gasteiger partial charge in [-0.05, 0) is 62.1 Å². The molecule has 6 heteroatoms. The highest BCUT2D eigenvalue weighted by molar-refractivity contribution is 6.35. The lowest BCUT2D eigenvalue weighted by atomic mass is 9.99. The predicted molar refractivity (Wildman–Crippen MR) is 144 cm³/mol. The highest BCUT2D eigenvalue weighted by atomic mass is 35.5. The van der Waals surface area contributed by atoms with Crippen LogP contribution in [-0.2, 0) is 29.0 Å². The zero-order valence-corrected chi connectivity index (χ0v) is 22.2. The molecule has 35 heavy (non-hydrogen) atoms. The molecule has 0 fully saturated rings. The Labute approximate surface area is 218 Å². The Hall–Kier alpha value is -2.82. The van der Waals surface area contributed by atoms with E-state index in [9.17, 15) is 9.59 Å². The third-order valence-electron chi connectivity index (χ3n) is 5.73. The quantitative estimate of drug-likeness (QED) is 0.381. The van der Waals surface area contributed by atoms with E-state index in [2.05, 4.69) is 5.32 Å². The number of aryl methyl sites for hydroxylation is 1. The average molecular weight is 511 g/mol. The summed E-state index contributed by atoms with van der Waals surface area (Å²) < 4.78 is 0. The second-order valence-electron chi connectivity index (χ2n) is 9.81. The van der Waals surface area contributed by atoms with E-state index in [0.717, 1.165) is 22.3 Å². The Morgan fingerprint density at radius 3 is 2.20 bits per heavy atom. The van der Waals surface area contributed by atoms with Crippen LogP contribution in [0.25, 0.3) is 0 Å². The topological polar surface area (TPSA) is 49.4 Å². The first-order valence-corrected chi connectivity index (χ1v) is 12.4. The van der Waals surface area contributed by atoms with Crippen molar-refractivity contribution in [2.24, 2.45) is 0 Å². The highest BCUT2D eigenvalue weighted by Gasteiger charge is 2.32. The molecule has 1 atom stereocenters. The van der Waals surface area contributed by atoms with E-state index in [1.54, 1.807) is 23.1 Å². The number of carbonyl (C=O) groups excluding carboxylic acids is 2. The van der Waals surface area contributed by atoms with Gasteiger partial charge < -0.3 is 10.2 Å². The highest BCUT2D eigenvalue weighted by Crippen LogP contribution is 2.25. The van der Waals surface area contributed by atoms with Crippen molar-refractivity contribution in [1.29, 1.82) is 0 Å². The lowest BCUT2D eigenvalue weighted by Gasteiger charge is -2.34. The maximum absolute atomic E-state index is 13.8. The summed E-state index contributed by atoms with van der Waals surface area (Å²) in [4.78, 5) is 29.1. The molecule has 1 N–H and O–H groups in total. The van der Waals surface area contributed by atoms with E-state index in [1.165, 1.54) is 0 Å². The summed E-state index contributed by atoms with van der Waals surface area (Å²) in [7, 11) is 0. The molecule has 0 bridgehead atoms. The van der Waals surface area contributed by atoms with Crippen molar-refractivity contribution in [1.82, 2.24) is 10.2 Å². The minimum Gasteiger partial charge on any atom is -0.350 e. The molecule has 4 nitrogen and oxygen atoms in total. The lowest BCUT2D eigenvalue weighted by Crippen LogP contribution is -2.54. The zero-order valence-electron chi connectivity index (χ0n) is 20.6. The number of benzene rings is 3. The van der Waals surface area contributed by atoms with Crippen LogP contribution in [0.1, 0.15) is 43.0 Å². The zero-order chi connectivity index (χ0) is 25.6. The van der Waals surface area contributed by atoms with Crippen molar-refractivity contribution in [3.8, 4) is 0 Å². The van der Waals surface area contributed by atoms with Gasteiger partial charge in [0.25, 0.3) is 0 Å².